The van der Waals surface area contributed by atoms with Crippen LogP contribution in [0.25, 0.3) is 0 Å². The molecule has 1 rings (SSSR count). The van der Waals surface area contributed by atoms with Crippen molar-refractivity contribution in [2.24, 2.45) is 0 Å². The first kappa shape index (κ1) is 15.9. The van der Waals surface area contributed by atoms with E-state index in [0.29, 0.717) is 5.82 Å². The van der Waals surface area contributed by atoms with E-state index < -0.39 is 10.0 Å². The second kappa shape index (κ2) is 7.42. The van der Waals surface area contributed by atoms with Crippen LogP contribution < -0.4 is 10.0 Å². The van der Waals surface area contributed by atoms with Crippen LogP contribution in [0.15, 0.2) is 23.2 Å². The van der Waals surface area contributed by atoms with E-state index in [1.807, 2.05) is 6.92 Å². The molecule has 0 saturated heterocycles. The Morgan fingerprint density at radius 1 is 1.47 bits per heavy atom. The van der Waals surface area contributed by atoms with Crippen molar-refractivity contribution in [3.05, 3.63) is 18.3 Å². The zero-order valence-electron chi connectivity index (χ0n) is 11.5. The van der Waals surface area contributed by atoms with E-state index in [1.54, 1.807) is 6.92 Å². The standard InChI is InChI=1S/C12H21N3O3S/c1-4-6-13-12-8-11(5-7-14-12)19(16,17)15-9-10(2)18-3/h5,7-8,10,15H,4,6,9H2,1-3H3,(H,13,14). The Morgan fingerprint density at radius 2 is 2.21 bits per heavy atom. The highest BCUT2D eigenvalue weighted by Crippen LogP contribution is 2.12. The minimum Gasteiger partial charge on any atom is -0.380 e. The first-order valence-electron chi connectivity index (χ1n) is 6.22. The summed E-state index contributed by atoms with van der Waals surface area (Å²) in [5.41, 5.74) is 0. The minimum atomic E-state index is -3.52. The van der Waals surface area contributed by atoms with Crippen molar-refractivity contribution >= 4 is 15.8 Å². The Kier molecular flexibility index (Phi) is 6.20. The minimum absolute atomic E-state index is 0.172. The molecule has 108 valence electrons. The lowest BCUT2D eigenvalue weighted by atomic mass is 10.4. The van der Waals surface area contributed by atoms with Gasteiger partial charge in [0.25, 0.3) is 0 Å². The third kappa shape index (κ3) is 5.14. The average molecular weight is 287 g/mol. The van der Waals surface area contributed by atoms with Crippen molar-refractivity contribution in [2.45, 2.75) is 31.3 Å². The predicted molar refractivity (Wildman–Crippen MR) is 74.7 cm³/mol. The second-order valence-electron chi connectivity index (χ2n) is 4.20. The summed E-state index contributed by atoms with van der Waals surface area (Å²) in [6, 6.07) is 2.99. The number of aromatic nitrogens is 1. The molecule has 0 spiro atoms. The number of rotatable bonds is 8. The maximum atomic E-state index is 12.1. The highest BCUT2D eigenvalue weighted by Gasteiger charge is 2.15. The van der Waals surface area contributed by atoms with E-state index in [9.17, 15) is 8.42 Å². The summed E-state index contributed by atoms with van der Waals surface area (Å²) in [5.74, 6) is 0.560. The fraction of sp³-hybridized carbons (Fsp3) is 0.583. The Morgan fingerprint density at radius 3 is 2.84 bits per heavy atom. The molecular formula is C12H21N3O3S. The van der Waals surface area contributed by atoms with Crippen molar-refractivity contribution in [3.63, 3.8) is 0 Å². The van der Waals surface area contributed by atoms with E-state index in [4.69, 9.17) is 4.74 Å². The van der Waals surface area contributed by atoms with Crippen LogP contribution in [0, 0.1) is 0 Å². The lowest BCUT2D eigenvalue weighted by Gasteiger charge is -2.12. The fourth-order valence-electron chi connectivity index (χ4n) is 1.32. The molecule has 0 aliphatic rings. The van der Waals surface area contributed by atoms with E-state index in [-0.39, 0.29) is 17.5 Å². The van der Waals surface area contributed by atoms with Gasteiger partial charge >= 0.3 is 0 Å². The van der Waals surface area contributed by atoms with Crippen molar-refractivity contribution in [3.8, 4) is 0 Å². The lowest BCUT2D eigenvalue weighted by Crippen LogP contribution is -2.31. The number of nitrogens with zero attached hydrogens (tertiary/aromatic N) is 1. The molecule has 0 bridgehead atoms. The molecule has 2 N–H and O–H groups in total. The van der Waals surface area contributed by atoms with Gasteiger partial charge in [0.05, 0.1) is 11.0 Å². The van der Waals surface area contributed by atoms with Gasteiger partial charge in [-0.2, -0.15) is 0 Å². The lowest BCUT2D eigenvalue weighted by molar-refractivity contribution is 0.122. The van der Waals surface area contributed by atoms with Crippen molar-refractivity contribution in [1.82, 2.24) is 9.71 Å². The molecule has 0 aromatic carbocycles. The average Bonchev–Trinajstić information content (AvgIpc) is 2.43. The van der Waals surface area contributed by atoms with Crippen LogP contribution in [0.4, 0.5) is 5.82 Å². The molecule has 0 aliphatic carbocycles. The zero-order valence-corrected chi connectivity index (χ0v) is 12.3. The molecule has 6 nitrogen and oxygen atoms in total. The highest BCUT2D eigenvalue weighted by molar-refractivity contribution is 7.89. The Labute approximate surface area is 114 Å². The van der Waals surface area contributed by atoms with E-state index in [0.717, 1.165) is 13.0 Å². The molecule has 1 unspecified atom stereocenters. The first-order valence-corrected chi connectivity index (χ1v) is 7.70. The largest absolute Gasteiger partial charge is 0.380 e. The summed E-state index contributed by atoms with van der Waals surface area (Å²) in [5, 5.41) is 3.05. The number of methoxy groups -OCH3 is 1. The van der Waals surface area contributed by atoms with Gasteiger partial charge in [-0.1, -0.05) is 6.92 Å². The van der Waals surface area contributed by atoms with Gasteiger partial charge in [0.2, 0.25) is 10.0 Å². The molecule has 1 aromatic rings. The van der Waals surface area contributed by atoms with Gasteiger partial charge in [-0.05, 0) is 19.4 Å². The number of pyridine rings is 1. The summed E-state index contributed by atoms with van der Waals surface area (Å²) in [6.07, 6.45) is 2.25. The van der Waals surface area contributed by atoms with Gasteiger partial charge < -0.3 is 10.1 Å². The van der Waals surface area contributed by atoms with Gasteiger partial charge in [0.15, 0.2) is 0 Å². The van der Waals surface area contributed by atoms with Gasteiger partial charge in [0.1, 0.15) is 5.82 Å². The number of hydrogen-bond acceptors (Lipinski definition) is 5. The number of nitrogens with one attached hydrogen (secondary N) is 2. The third-order valence-corrected chi connectivity index (χ3v) is 3.98. The Balaban J connectivity index is 2.77. The van der Waals surface area contributed by atoms with E-state index >= 15 is 0 Å². The van der Waals surface area contributed by atoms with Crippen molar-refractivity contribution in [1.29, 1.82) is 0 Å². The van der Waals surface area contributed by atoms with E-state index in [2.05, 4.69) is 15.0 Å². The molecule has 7 heteroatoms. The first-order chi connectivity index (χ1) is 8.99. The third-order valence-electron chi connectivity index (χ3n) is 2.56. The SMILES string of the molecule is CCCNc1cc(S(=O)(=O)NCC(C)OC)ccn1. The number of anilines is 1. The highest BCUT2D eigenvalue weighted by atomic mass is 32.2. The van der Waals surface area contributed by atoms with Gasteiger partial charge in [0, 0.05) is 32.5 Å². The van der Waals surface area contributed by atoms with E-state index in [1.165, 1.54) is 25.4 Å². The molecule has 1 aromatic heterocycles. The molecule has 0 saturated carbocycles. The Hall–Kier alpha value is -1.18. The molecule has 0 amide bonds. The quantitative estimate of drug-likeness (QED) is 0.751. The van der Waals surface area contributed by atoms with Gasteiger partial charge in [-0.25, -0.2) is 18.1 Å². The molecule has 1 atom stereocenters. The summed E-state index contributed by atoms with van der Waals surface area (Å²) >= 11 is 0. The van der Waals surface area contributed by atoms with Crippen LogP contribution in [0.3, 0.4) is 0 Å². The molecule has 19 heavy (non-hydrogen) atoms. The zero-order chi connectivity index (χ0) is 14.3. The molecule has 1 heterocycles. The maximum Gasteiger partial charge on any atom is 0.240 e. The predicted octanol–water partition coefficient (Wildman–Crippen LogP) is 1.22. The normalized spacial score (nSPS) is 13.2. The molecule has 0 fully saturated rings. The maximum absolute atomic E-state index is 12.1. The molecule has 0 radical (unpaired) electrons. The summed E-state index contributed by atoms with van der Waals surface area (Å²) in [4.78, 5) is 4.27. The van der Waals surface area contributed by atoms with Crippen LogP contribution in [0.5, 0.6) is 0 Å². The summed E-state index contributed by atoms with van der Waals surface area (Å²) in [6.45, 7) is 4.81. The second-order valence-corrected chi connectivity index (χ2v) is 5.97. The van der Waals surface area contributed by atoms with Gasteiger partial charge in [-0.3, -0.25) is 0 Å². The topological polar surface area (TPSA) is 80.3 Å². The summed E-state index contributed by atoms with van der Waals surface area (Å²) < 4.78 is 31.6. The van der Waals surface area contributed by atoms with Crippen LogP contribution in [0.1, 0.15) is 20.3 Å². The monoisotopic (exact) mass is 287 g/mol. The summed E-state index contributed by atoms with van der Waals surface area (Å²) in [7, 11) is -1.98. The van der Waals surface area contributed by atoms with Crippen molar-refractivity contribution in [2.75, 3.05) is 25.5 Å². The van der Waals surface area contributed by atoms with Gasteiger partial charge in [-0.15, -0.1) is 0 Å². The van der Waals surface area contributed by atoms with Crippen LogP contribution in [0.2, 0.25) is 0 Å². The van der Waals surface area contributed by atoms with Crippen LogP contribution in [-0.2, 0) is 14.8 Å². The van der Waals surface area contributed by atoms with Crippen LogP contribution in [-0.4, -0.2) is 39.7 Å². The van der Waals surface area contributed by atoms with Crippen molar-refractivity contribution < 1.29 is 13.2 Å². The molecule has 0 aliphatic heterocycles. The number of hydrogen-bond donors (Lipinski definition) is 2. The number of ether oxygens (including phenoxy) is 1. The number of sulfonamides is 1. The van der Waals surface area contributed by atoms with Crippen LogP contribution >= 0.6 is 0 Å². The smallest absolute Gasteiger partial charge is 0.240 e. The Bertz CT molecular complexity index is 491. The fourth-order valence-corrected chi connectivity index (χ4v) is 2.45. The molecular weight excluding hydrogens is 266 g/mol.